The van der Waals surface area contributed by atoms with E-state index in [0.29, 0.717) is 29.0 Å². The lowest BCUT2D eigenvalue weighted by Gasteiger charge is -2.34. The summed E-state index contributed by atoms with van der Waals surface area (Å²) in [6.07, 6.45) is 0.924. The van der Waals surface area contributed by atoms with Crippen LogP contribution in [0.15, 0.2) is 82.5 Å². The van der Waals surface area contributed by atoms with Crippen molar-refractivity contribution >= 4 is 72.9 Å². The minimum atomic E-state index is -4.10. The first-order valence-corrected chi connectivity index (χ1v) is 18.2. The van der Waals surface area contributed by atoms with E-state index < -0.39 is 21.1 Å². The molecule has 14 nitrogen and oxygen atoms in total. The lowest BCUT2D eigenvalue weighted by atomic mass is 10.0. The van der Waals surface area contributed by atoms with Gasteiger partial charge in [-0.25, -0.2) is 13.2 Å². The number of aliphatic hydroxyl groups is 1. The predicted octanol–water partition coefficient (Wildman–Crippen LogP) is 6.32. The molecule has 1 aliphatic heterocycles. The number of hydrogen-bond acceptors (Lipinski definition) is 10. The molecule has 18 heteroatoms. The van der Waals surface area contributed by atoms with Crippen molar-refractivity contribution in [2.45, 2.75) is 29.9 Å². The number of nitrogens with one attached hydrogen (secondary N) is 4. The topological polar surface area (TPSA) is 192 Å². The number of fused-ring (bicyclic) bond motifs is 1. The van der Waals surface area contributed by atoms with E-state index in [-0.39, 0.29) is 55.5 Å². The molecule has 1 aliphatic rings. The summed E-state index contributed by atoms with van der Waals surface area (Å²) >= 11 is 18.8. The van der Waals surface area contributed by atoms with Crippen LogP contribution in [0, 0.1) is 10.1 Å². The highest BCUT2D eigenvalue weighted by atomic mass is 35.5. The number of aliphatic hydroxyl groups excluding tert-OH is 1. The predicted molar refractivity (Wildman–Crippen MR) is 196 cm³/mol. The van der Waals surface area contributed by atoms with E-state index in [1.807, 2.05) is 12.1 Å². The van der Waals surface area contributed by atoms with Crippen LogP contribution in [0.5, 0.6) is 17.2 Å². The van der Waals surface area contributed by atoms with Gasteiger partial charge in [-0.05, 0) is 67.4 Å². The largest absolute Gasteiger partial charge is 0.489 e. The Bertz CT molecular complexity index is 2200. The van der Waals surface area contributed by atoms with Crippen molar-refractivity contribution in [3.05, 3.63) is 108 Å². The Hall–Kier alpha value is -4.51. The number of halogens is 3. The molecular formula is C33H31Cl3N6O8S. The number of nitro groups is 1. The average Bonchev–Trinajstić information content (AvgIpc) is 3.49. The van der Waals surface area contributed by atoms with E-state index in [4.69, 9.17) is 44.3 Å². The van der Waals surface area contributed by atoms with Gasteiger partial charge in [0.05, 0.1) is 30.4 Å². The number of sulfonamides is 1. The summed E-state index contributed by atoms with van der Waals surface area (Å²) in [7, 11) is -4.10. The fraction of sp³-hybridized carbons (Fsp3) is 0.242. The molecule has 0 bridgehead atoms. The van der Waals surface area contributed by atoms with Crippen LogP contribution in [0.1, 0.15) is 12.8 Å². The maximum atomic E-state index is 13.2. The van der Waals surface area contributed by atoms with Crippen molar-refractivity contribution in [3.63, 3.8) is 0 Å². The zero-order valence-corrected chi connectivity index (χ0v) is 29.7. The number of anilines is 2. The number of piperidine rings is 1. The third-order valence-corrected chi connectivity index (χ3v) is 10.4. The smallest absolute Gasteiger partial charge is 0.323 e. The second kappa shape index (κ2) is 15.4. The molecule has 2 heterocycles. The van der Waals surface area contributed by atoms with E-state index in [0.717, 1.165) is 37.7 Å². The van der Waals surface area contributed by atoms with Crippen LogP contribution in [-0.4, -0.2) is 66.8 Å². The van der Waals surface area contributed by atoms with Gasteiger partial charge in [0, 0.05) is 49.2 Å². The molecule has 0 saturated carbocycles. The fourth-order valence-corrected chi connectivity index (χ4v) is 7.60. The van der Waals surface area contributed by atoms with Gasteiger partial charge in [-0.3, -0.25) is 14.8 Å². The van der Waals surface area contributed by atoms with Crippen LogP contribution in [0.25, 0.3) is 11.0 Å². The van der Waals surface area contributed by atoms with Gasteiger partial charge in [-0.2, -0.15) is 0 Å². The highest BCUT2D eigenvalue weighted by Crippen LogP contribution is 2.41. The summed E-state index contributed by atoms with van der Waals surface area (Å²) in [6.45, 7) is 1.93. The summed E-state index contributed by atoms with van der Waals surface area (Å²) in [5, 5.41) is 24.6. The second-order valence-electron chi connectivity index (χ2n) is 11.7. The number of imidazole rings is 1. The molecule has 268 valence electrons. The number of ether oxygens (including phenoxy) is 2. The lowest BCUT2D eigenvalue weighted by Crippen LogP contribution is -2.45. The number of nitrogens with zero attached hydrogens (tertiary/aromatic N) is 2. The van der Waals surface area contributed by atoms with Crippen molar-refractivity contribution in [2.24, 2.45) is 0 Å². The summed E-state index contributed by atoms with van der Waals surface area (Å²) < 4.78 is 40.4. The second-order valence-corrected chi connectivity index (χ2v) is 14.6. The van der Waals surface area contributed by atoms with Gasteiger partial charge in [0.1, 0.15) is 29.7 Å². The molecule has 0 aliphatic carbocycles. The molecule has 1 fully saturated rings. The Morgan fingerprint density at radius 2 is 1.67 bits per heavy atom. The molecule has 0 unspecified atom stereocenters. The molecule has 1 atom stereocenters. The van der Waals surface area contributed by atoms with Gasteiger partial charge in [0.15, 0.2) is 5.75 Å². The number of H-pyrrole nitrogens is 2. The number of aromatic amines is 2. The van der Waals surface area contributed by atoms with E-state index in [1.54, 1.807) is 30.3 Å². The molecule has 6 rings (SSSR count). The van der Waals surface area contributed by atoms with Crippen LogP contribution in [-0.2, 0) is 10.0 Å². The van der Waals surface area contributed by atoms with Crippen LogP contribution >= 0.6 is 34.8 Å². The van der Waals surface area contributed by atoms with Gasteiger partial charge in [0.2, 0.25) is 0 Å². The number of non-ortho nitro benzene ring substituents is 1. The third-order valence-electron chi connectivity index (χ3n) is 8.19. The molecule has 1 saturated heterocycles. The van der Waals surface area contributed by atoms with Crippen LogP contribution in [0.3, 0.4) is 0 Å². The van der Waals surface area contributed by atoms with Crippen LogP contribution < -0.4 is 30.1 Å². The number of nitro benzene ring substituents is 1. The molecule has 4 aromatic carbocycles. The van der Waals surface area contributed by atoms with E-state index in [1.165, 1.54) is 24.3 Å². The number of benzene rings is 4. The maximum Gasteiger partial charge on any atom is 0.323 e. The van der Waals surface area contributed by atoms with Crippen molar-refractivity contribution in [3.8, 4) is 17.2 Å². The van der Waals surface area contributed by atoms with Crippen molar-refractivity contribution in [2.75, 3.05) is 35.9 Å². The summed E-state index contributed by atoms with van der Waals surface area (Å²) in [5.74, 6) is 0.464. The number of aromatic nitrogens is 2. The highest BCUT2D eigenvalue weighted by Gasteiger charge is 2.23. The van der Waals surface area contributed by atoms with Crippen molar-refractivity contribution in [1.29, 1.82) is 0 Å². The van der Waals surface area contributed by atoms with Crippen molar-refractivity contribution < 1.29 is 27.9 Å². The molecule has 51 heavy (non-hydrogen) atoms. The summed E-state index contributed by atoms with van der Waals surface area (Å²) in [4.78, 5) is 29.3. The standard InChI is InChI=1S/C33H31Cl3N6O8S/c34-25-14-22(42(45)46)8-9-29(25)50-32-26(35)15-24(16-27(32)36)51(47,48)40-20-4-6-21(7-5-20)41-12-10-19(11-13-41)37-17-23(43)18-49-30-3-1-2-28-31(30)39-33(44)38-28/h1-9,14-16,19,23,37,40,43H,10-13,17-18H2,(H2,38,39,44)/t23-/m0/s1. The average molecular weight is 778 g/mol. The number of para-hydroxylation sites is 1. The molecule has 5 aromatic rings. The maximum absolute atomic E-state index is 13.2. The monoisotopic (exact) mass is 776 g/mol. The zero-order chi connectivity index (χ0) is 36.3. The molecule has 0 spiro atoms. The van der Waals surface area contributed by atoms with Gasteiger partial charge in [-0.15, -0.1) is 0 Å². The minimum Gasteiger partial charge on any atom is -0.489 e. The van der Waals surface area contributed by atoms with Gasteiger partial charge >= 0.3 is 5.69 Å². The SMILES string of the molecule is O=c1[nH]c2cccc(OC[C@@H](O)CNC3CCN(c4ccc(NS(=O)(=O)c5cc(Cl)c(Oc6ccc([N+](=O)[O-])cc6Cl)c(Cl)c5)cc4)CC3)c2[nH]1. The molecular weight excluding hydrogens is 747 g/mol. The highest BCUT2D eigenvalue weighted by molar-refractivity contribution is 7.92. The van der Waals surface area contributed by atoms with Gasteiger partial charge in [0.25, 0.3) is 15.7 Å². The fourth-order valence-electron chi connectivity index (χ4n) is 5.58. The Morgan fingerprint density at radius 1 is 0.961 bits per heavy atom. The first-order chi connectivity index (χ1) is 24.4. The zero-order valence-electron chi connectivity index (χ0n) is 26.6. The normalized spacial score (nSPS) is 14.4. The summed E-state index contributed by atoms with van der Waals surface area (Å²) in [5.41, 5.74) is 1.89. The van der Waals surface area contributed by atoms with Gasteiger partial charge < -0.3 is 34.8 Å². The molecule has 0 amide bonds. The van der Waals surface area contributed by atoms with Crippen LogP contribution in [0.4, 0.5) is 17.1 Å². The molecule has 5 N–H and O–H groups in total. The minimum absolute atomic E-state index is 0.0450. The quantitative estimate of drug-likeness (QED) is 0.0668. The molecule has 1 aromatic heterocycles. The Balaban J connectivity index is 0.987. The van der Waals surface area contributed by atoms with E-state index in [9.17, 15) is 28.4 Å². The molecule has 0 radical (unpaired) electrons. The Kier molecular flexibility index (Phi) is 10.9. The summed E-state index contributed by atoms with van der Waals surface area (Å²) in [6, 6.07) is 18.4. The number of rotatable bonds is 13. The Morgan fingerprint density at radius 3 is 2.33 bits per heavy atom. The third kappa shape index (κ3) is 8.69. The van der Waals surface area contributed by atoms with Gasteiger partial charge in [-0.1, -0.05) is 40.9 Å². The van der Waals surface area contributed by atoms with Crippen molar-refractivity contribution in [1.82, 2.24) is 15.3 Å². The van der Waals surface area contributed by atoms with Crippen LogP contribution in [0.2, 0.25) is 15.1 Å². The number of hydrogen-bond donors (Lipinski definition) is 5. The first-order valence-electron chi connectivity index (χ1n) is 15.6. The van der Waals surface area contributed by atoms with E-state index >= 15 is 0 Å². The lowest BCUT2D eigenvalue weighted by molar-refractivity contribution is -0.384. The Labute approximate surface area is 306 Å². The van der Waals surface area contributed by atoms with E-state index in [2.05, 4.69) is 24.9 Å². The first kappa shape index (κ1) is 36.3.